The molecule has 0 bridgehead atoms. The molecule has 1 aliphatic rings. The fraction of sp³-hybridized carbons (Fsp3) is 0.238. The van der Waals surface area contributed by atoms with Crippen molar-refractivity contribution >= 4 is 27.8 Å². The van der Waals surface area contributed by atoms with Crippen molar-refractivity contribution in [2.45, 2.75) is 20.3 Å². The number of aromatic nitrogens is 2. The van der Waals surface area contributed by atoms with Crippen LogP contribution < -0.4 is 5.56 Å². The predicted molar refractivity (Wildman–Crippen MR) is 111 cm³/mol. The van der Waals surface area contributed by atoms with Gasteiger partial charge in [-0.15, -0.1) is 11.3 Å². The quantitative estimate of drug-likeness (QED) is 0.606. The maximum absolute atomic E-state index is 13.0. The highest BCUT2D eigenvalue weighted by molar-refractivity contribution is 7.15. The smallest absolute Gasteiger partial charge is 0.262 e. The first-order valence-electron chi connectivity index (χ1n) is 9.17. The molecule has 29 heavy (non-hydrogen) atoms. The van der Waals surface area contributed by atoms with E-state index in [0.717, 1.165) is 11.4 Å². The highest BCUT2D eigenvalue weighted by atomic mass is 32.1. The van der Waals surface area contributed by atoms with E-state index in [1.807, 2.05) is 24.1 Å². The third-order valence-corrected chi connectivity index (χ3v) is 5.84. The van der Waals surface area contributed by atoms with E-state index < -0.39 is 0 Å². The van der Waals surface area contributed by atoms with Gasteiger partial charge < -0.3 is 4.90 Å². The van der Waals surface area contributed by atoms with Gasteiger partial charge in [0.15, 0.2) is 4.96 Å². The minimum atomic E-state index is -0.384. The molecule has 3 heterocycles. The van der Waals surface area contributed by atoms with Gasteiger partial charge in [-0.2, -0.15) is 0 Å². The molecular weight excluding hydrogens is 391 g/mol. The maximum Gasteiger partial charge on any atom is 0.262 e. The number of benzene rings is 1. The summed E-state index contributed by atoms with van der Waals surface area (Å²) in [5.41, 5.74) is 3.03. The molecule has 0 spiro atoms. The van der Waals surface area contributed by atoms with E-state index in [1.54, 1.807) is 16.7 Å². The van der Waals surface area contributed by atoms with Crippen LogP contribution in [0.1, 0.15) is 27.3 Å². The lowest BCUT2D eigenvalue weighted by Gasteiger charge is -2.21. The van der Waals surface area contributed by atoms with Gasteiger partial charge in [-0.25, -0.2) is 9.37 Å². The number of carbonyl (C=O) groups is 1. The molecule has 1 aromatic carbocycles. The Labute approximate surface area is 170 Å². The van der Waals surface area contributed by atoms with E-state index in [-0.39, 0.29) is 17.2 Å². The van der Waals surface area contributed by atoms with Crippen LogP contribution in [0.4, 0.5) is 4.39 Å². The van der Waals surface area contributed by atoms with Gasteiger partial charge in [0.2, 0.25) is 5.78 Å². The summed E-state index contributed by atoms with van der Waals surface area (Å²) >= 11 is 1.46. The zero-order chi connectivity index (χ0) is 20.5. The van der Waals surface area contributed by atoms with Crippen molar-refractivity contribution in [1.29, 1.82) is 0 Å². The number of carbonyl (C=O) groups excluding carboxylic acids is 1. The number of Topliss-reactive ketones (excluding diaryl/α,β-unsaturated/α-hetero) is 1. The van der Waals surface area contributed by atoms with Crippen molar-refractivity contribution < 1.29 is 9.18 Å². The van der Waals surface area contributed by atoms with Crippen LogP contribution in [0.2, 0.25) is 0 Å². The highest BCUT2D eigenvalue weighted by Crippen LogP contribution is 2.14. The third-order valence-electron chi connectivity index (χ3n) is 4.89. The van der Waals surface area contributed by atoms with Crippen molar-refractivity contribution in [2.75, 3.05) is 13.2 Å². The predicted octanol–water partition coefficient (Wildman–Crippen LogP) is 3.17. The van der Waals surface area contributed by atoms with E-state index in [0.29, 0.717) is 41.4 Å². The van der Waals surface area contributed by atoms with E-state index >= 15 is 0 Å². The molecule has 4 rings (SSSR count). The van der Waals surface area contributed by atoms with Crippen molar-refractivity contribution in [3.05, 3.63) is 80.6 Å². The molecule has 0 atom stereocenters. The minimum Gasteiger partial charge on any atom is -0.358 e. The van der Waals surface area contributed by atoms with Crippen molar-refractivity contribution in [1.82, 2.24) is 14.3 Å². The molecular formula is C21H19FN4O2S. The largest absolute Gasteiger partial charge is 0.358 e. The first-order valence-corrected chi connectivity index (χ1v) is 10.1. The lowest BCUT2D eigenvalue weighted by Crippen LogP contribution is -2.29. The molecule has 0 N–H and O–H groups in total. The van der Waals surface area contributed by atoms with Gasteiger partial charge in [0.25, 0.3) is 5.56 Å². The summed E-state index contributed by atoms with van der Waals surface area (Å²) in [5.74, 6) is -0.622. The molecule has 0 amide bonds. The number of halogens is 1. The number of hydrogen-bond acceptors (Lipinski definition) is 6. The van der Waals surface area contributed by atoms with Gasteiger partial charge in [-0.05, 0) is 50.6 Å². The second-order valence-corrected chi connectivity index (χ2v) is 7.71. The van der Waals surface area contributed by atoms with Crippen LogP contribution in [-0.4, -0.2) is 39.0 Å². The molecule has 0 aliphatic carbocycles. The van der Waals surface area contributed by atoms with Crippen LogP contribution in [0.25, 0.3) is 4.96 Å². The number of hydrogen-bond donors (Lipinski definition) is 0. The Morgan fingerprint density at radius 2 is 2.00 bits per heavy atom. The van der Waals surface area contributed by atoms with Gasteiger partial charge >= 0.3 is 0 Å². The average Bonchev–Trinajstić information content (AvgIpc) is 3.09. The Morgan fingerprint density at radius 1 is 1.24 bits per heavy atom. The number of rotatable bonds is 5. The third kappa shape index (κ3) is 3.75. The molecule has 3 aromatic rings. The second kappa shape index (κ2) is 7.71. The van der Waals surface area contributed by atoms with E-state index in [4.69, 9.17) is 0 Å². The van der Waals surface area contributed by atoms with Crippen molar-refractivity contribution in [3.63, 3.8) is 0 Å². The standard InChI is InChI=1S/C21H19FN4O2S/c1-13-11-29-21-24-14(2)17(20(28)26(13)21)7-9-25-10-8-18(23-12-25)19(27)15-3-5-16(22)6-4-15/h3-6,8,10-11H,7,9,12H2,1-2H3. The summed E-state index contributed by atoms with van der Waals surface area (Å²) in [6, 6.07) is 5.42. The number of aryl methyl sites for hydroxylation is 2. The molecule has 0 fully saturated rings. The summed E-state index contributed by atoms with van der Waals surface area (Å²) < 4.78 is 14.7. The van der Waals surface area contributed by atoms with Crippen LogP contribution in [0, 0.1) is 19.7 Å². The molecule has 148 valence electrons. The normalized spacial score (nSPS) is 13.8. The summed E-state index contributed by atoms with van der Waals surface area (Å²) in [6.45, 7) is 4.67. The van der Waals surface area contributed by atoms with E-state index in [9.17, 15) is 14.0 Å². The van der Waals surface area contributed by atoms with Gasteiger partial charge in [-0.1, -0.05) is 0 Å². The summed E-state index contributed by atoms with van der Waals surface area (Å²) in [6.07, 6.45) is 3.99. The lowest BCUT2D eigenvalue weighted by atomic mass is 10.1. The van der Waals surface area contributed by atoms with Gasteiger partial charge in [-0.3, -0.25) is 19.0 Å². The Balaban J connectivity index is 1.44. The maximum atomic E-state index is 13.0. The molecule has 1 aliphatic heterocycles. The Bertz CT molecular complexity index is 1210. The van der Waals surface area contributed by atoms with Crippen LogP contribution in [-0.2, 0) is 6.42 Å². The van der Waals surface area contributed by atoms with Gasteiger partial charge in [0.05, 0.1) is 0 Å². The first-order chi connectivity index (χ1) is 13.9. The number of thiazole rings is 1. The van der Waals surface area contributed by atoms with Crippen LogP contribution >= 0.6 is 11.3 Å². The number of nitrogens with zero attached hydrogens (tertiary/aromatic N) is 4. The van der Waals surface area contributed by atoms with Crippen LogP contribution in [0.3, 0.4) is 0 Å². The molecule has 0 radical (unpaired) electrons. The number of allylic oxidation sites excluding steroid dienone is 1. The van der Waals surface area contributed by atoms with Crippen molar-refractivity contribution in [3.8, 4) is 0 Å². The minimum absolute atomic E-state index is 0.0251. The van der Waals surface area contributed by atoms with E-state index in [1.165, 1.54) is 35.6 Å². The monoisotopic (exact) mass is 410 g/mol. The molecule has 2 aromatic heterocycles. The number of aliphatic imine (C=N–C) groups is 1. The number of ketones is 1. The van der Waals surface area contributed by atoms with Crippen LogP contribution in [0.5, 0.6) is 0 Å². The SMILES string of the molecule is Cc1nc2scc(C)n2c(=O)c1CCN1C=CC(C(=O)c2ccc(F)cc2)=NC1. The molecule has 8 heteroatoms. The Hall–Kier alpha value is -3.13. The Kier molecular flexibility index (Phi) is 5.10. The van der Waals surface area contributed by atoms with Gasteiger partial charge in [0, 0.05) is 40.6 Å². The molecule has 6 nitrogen and oxygen atoms in total. The van der Waals surface area contributed by atoms with E-state index in [2.05, 4.69) is 9.98 Å². The van der Waals surface area contributed by atoms with Gasteiger partial charge in [0.1, 0.15) is 18.2 Å². The second-order valence-electron chi connectivity index (χ2n) is 6.87. The fourth-order valence-corrected chi connectivity index (χ4v) is 4.15. The van der Waals surface area contributed by atoms with Crippen molar-refractivity contribution in [2.24, 2.45) is 4.99 Å². The lowest BCUT2D eigenvalue weighted by molar-refractivity contribution is 0.106. The summed E-state index contributed by atoms with van der Waals surface area (Å²) in [7, 11) is 0. The van der Waals surface area contributed by atoms with Crippen LogP contribution in [0.15, 0.2) is 51.7 Å². The first kappa shape index (κ1) is 19.2. The zero-order valence-electron chi connectivity index (χ0n) is 16.1. The highest BCUT2D eigenvalue weighted by Gasteiger charge is 2.17. The molecule has 0 saturated carbocycles. The number of fused-ring (bicyclic) bond motifs is 1. The average molecular weight is 410 g/mol. The zero-order valence-corrected chi connectivity index (χ0v) is 16.9. The molecule has 0 saturated heterocycles. The fourth-order valence-electron chi connectivity index (χ4n) is 3.25. The topological polar surface area (TPSA) is 67.0 Å². The summed E-state index contributed by atoms with van der Waals surface area (Å²) in [5, 5.41) is 1.93. The summed E-state index contributed by atoms with van der Waals surface area (Å²) in [4.78, 5) is 36.8. The Morgan fingerprint density at radius 3 is 2.69 bits per heavy atom. The molecule has 0 unspecified atom stereocenters.